The van der Waals surface area contributed by atoms with Crippen LogP contribution in [0.2, 0.25) is 0 Å². The number of amides is 1. The third kappa shape index (κ3) is 3.76. The van der Waals surface area contributed by atoms with Gasteiger partial charge in [-0.1, -0.05) is 24.3 Å². The number of nitrogens with zero attached hydrogens (tertiary/aromatic N) is 5. The van der Waals surface area contributed by atoms with Crippen LogP contribution in [0.25, 0.3) is 33.1 Å². The number of hydrogen-bond acceptors (Lipinski definition) is 6. The third-order valence-electron chi connectivity index (χ3n) is 6.27. The van der Waals surface area contributed by atoms with E-state index in [4.69, 9.17) is 4.74 Å². The topological polar surface area (TPSA) is 107 Å². The highest BCUT2D eigenvalue weighted by Gasteiger charge is 2.20. The van der Waals surface area contributed by atoms with Crippen LogP contribution in [0.4, 0.5) is 16.6 Å². The Bertz CT molecular complexity index is 1580. The van der Waals surface area contributed by atoms with Crippen LogP contribution in [-0.4, -0.2) is 51.3 Å². The molecule has 2 N–H and O–H groups in total. The first-order valence-electron chi connectivity index (χ1n) is 11.2. The van der Waals surface area contributed by atoms with Gasteiger partial charge in [-0.15, -0.1) is 0 Å². The lowest BCUT2D eigenvalue weighted by molar-refractivity contribution is 0.203. The molecule has 2 aromatic heterocycles. The summed E-state index contributed by atoms with van der Waals surface area (Å²) in [7, 11) is 1.46. The molecule has 0 unspecified atom stereocenters. The van der Waals surface area contributed by atoms with E-state index in [1.165, 1.54) is 7.05 Å². The van der Waals surface area contributed by atoms with E-state index in [-0.39, 0.29) is 5.95 Å². The van der Waals surface area contributed by atoms with Crippen LogP contribution in [0, 0.1) is 0 Å². The molecule has 0 saturated carbocycles. The average Bonchev–Trinajstić information content (AvgIpc) is 3.19. The van der Waals surface area contributed by atoms with Crippen molar-refractivity contribution in [2.75, 3.05) is 30.0 Å². The summed E-state index contributed by atoms with van der Waals surface area (Å²) in [5.74, 6) is 2.04. The van der Waals surface area contributed by atoms with Crippen molar-refractivity contribution in [3.63, 3.8) is 0 Å². The molecule has 0 aliphatic carbocycles. The van der Waals surface area contributed by atoms with Gasteiger partial charge in [0.1, 0.15) is 24.5 Å². The maximum atomic E-state index is 11.3. The molecule has 35 heavy (non-hydrogen) atoms. The number of rotatable bonds is 3. The summed E-state index contributed by atoms with van der Waals surface area (Å²) in [5, 5.41) is 10.2. The van der Waals surface area contributed by atoms with Gasteiger partial charge in [0.05, 0.1) is 23.1 Å². The maximum absolute atomic E-state index is 11.3. The summed E-state index contributed by atoms with van der Waals surface area (Å²) in [6, 6.07) is 20.1. The van der Waals surface area contributed by atoms with Gasteiger partial charge >= 0.3 is 6.09 Å². The molecule has 0 fully saturated rings. The Labute approximate surface area is 200 Å². The average molecular weight is 467 g/mol. The molecule has 174 valence electrons. The van der Waals surface area contributed by atoms with Gasteiger partial charge in [-0.3, -0.25) is 4.90 Å². The number of carboxylic acid groups (broad SMARTS) is 1. The van der Waals surface area contributed by atoms with Crippen LogP contribution in [0.5, 0.6) is 5.75 Å². The van der Waals surface area contributed by atoms with E-state index < -0.39 is 6.09 Å². The highest BCUT2D eigenvalue weighted by molar-refractivity contribution is 5.90. The van der Waals surface area contributed by atoms with Crippen LogP contribution < -0.4 is 14.5 Å². The summed E-state index contributed by atoms with van der Waals surface area (Å²) in [6.45, 7) is 1.93. The van der Waals surface area contributed by atoms with Gasteiger partial charge in [0.15, 0.2) is 0 Å². The third-order valence-corrected chi connectivity index (χ3v) is 6.27. The van der Waals surface area contributed by atoms with Crippen molar-refractivity contribution in [1.82, 2.24) is 19.9 Å². The summed E-state index contributed by atoms with van der Waals surface area (Å²) in [5.41, 5.74) is 5.49. The SMILES string of the molecule is CN(C(=O)O)c1nc2ccc(-c3ccc4c(c3)CN(c3ncnc5ccccc35)CCO4)cc2[nH]1. The monoisotopic (exact) mass is 466 g/mol. The highest BCUT2D eigenvalue weighted by atomic mass is 16.5. The molecule has 9 nitrogen and oxygen atoms in total. The molecule has 0 saturated heterocycles. The van der Waals surface area contributed by atoms with Gasteiger partial charge in [0.2, 0.25) is 5.95 Å². The number of H-pyrrole nitrogens is 1. The maximum Gasteiger partial charge on any atom is 0.413 e. The number of carbonyl (C=O) groups is 1. The summed E-state index contributed by atoms with van der Waals surface area (Å²) < 4.78 is 6.06. The van der Waals surface area contributed by atoms with Crippen LogP contribution in [-0.2, 0) is 6.54 Å². The second kappa shape index (κ2) is 8.28. The second-order valence-corrected chi connectivity index (χ2v) is 8.44. The minimum atomic E-state index is -1.07. The van der Waals surface area contributed by atoms with E-state index in [9.17, 15) is 9.90 Å². The van der Waals surface area contributed by atoms with Gasteiger partial charge in [0, 0.05) is 24.5 Å². The minimum Gasteiger partial charge on any atom is -0.491 e. The number of nitrogens with one attached hydrogen (secondary N) is 1. The number of aromatic nitrogens is 4. The molecule has 0 spiro atoms. The molecule has 9 heteroatoms. The molecule has 6 rings (SSSR count). The number of anilines is 2. The lowest BCUT2D eigenvalue weighted by atomic mass is 10.0. The van der Waals surface area contributed by atoms with Crippen molar-refractivity contribution < 1.29 is 14.6 Å². The molecule has 3 aromatic carbocycles. The Morgan fingerprint density at radius 2 is 1.89 bits per heavy atom. The first-order valence-corrected chi connectivity index (χ1v) is 11.2. The predicted octanol–water partition coefficient (Wildman–Crippen LogP) is 4.69. The smallest absolute Gasteiger partial charge is 0.413 e. The fraction of sp³-hybridized carbons (Fsp3) is 0.154. The largest absolute Gasteiger partial charge is 0.491 e. The number of hydrogen-bond donors (Lipinski definition) is 2. The van der Waals surface area contributed by atoms with Crippen molar-refractivity contribution in [2.24, 2.45) is 0 Å². The van der Waals surface area contributed by atoms with Crippen molar-refractivity contribution in [3.05, 3.63) is 72.6 Å². The van der Waals surface area contributed by atoms with Crippen molar-refractivity contribution in [3.8, 4) is 16.9 Å². The van der Waals surface area contributed by atoms with E-state index in [1.807, 2.05) is 54.6 Å². The first-order chi connectivity index (χ1) is 17.1. The molecule has 0 atom stereocenters. The van der Waals surface area contributed by atoms with Gasteiger partial charge in [-0.2, -0.15) is 0 Å². The van der Waals surface area contributed by atoms with Crippen LogP contribution in [0.3, 0.4) is 0 Å². The Morgan fingerprint density at radius 3 is 2.77 bits per heavy atom. The molecule has 0 radical (unpaired) electrons. The summed E-state index contributed by atoms with van der Waals surface area (Å²) in [6.07, 6.45) is 0.534. The quantitative estimate of drug-likeness (QED) is 0.397. The van der Waals surface area contributed by atoms with Gasteiger partial charge < -0.3 is 19.7 Å². The minimum absolute atomic E-state index is 0.285. The lowest BCUT2D eigenvalue weighted by Gasteiger charge is -2.22. The molecule has 1 amide bonds. The van der Waals surface area contributed by atoms with Crippen LogP contribution >= 0.6 is 0 Å². The molecule has 1 aliphatic rings. The zero-order valence-electron chi connectivity index (χ0n) is 19.0. The molecular weight excluding hydrogens is 444 g/mol. The van der Waals surface area contributed by atoms with Crippen LogP contribution in [0.1, 0.15) is 5.56 Å². The van der Waals surface area contributed by atoms with Crippen LogP contribution in [0.15, 0.2) is 67.0 Å². The van der Waals surface area contributed by atoms with E-state index >= 15 is 0 Å². The molecule has 0 bridgehead atoms. The molecule has 3 heterocycles. The molecule has 5 aromatic rings. The number of imidazole rings is 1. The molecular formula is C26H22N6O3. The Balaban J connectivity index is 1.35. The van der Waals surface area contributed by atoms with Gasteiger partial charge in [-0.25, -0.2) is 19.7 Å². The number of ether oxygens (including phenoxy) is 1. The lowest BCUT2D eigenvalue weighted by Crippen LogP contribution is -2.26. The highest BCUT2D eigenvalue weighted by Crippen LogP contribution is 2.33. The normalized spacial score (nSPS) is 13.3. The zero-order valence-corrected chi connectivity index (χ0v) is 19.0. The number of aromatic amines is 1. The number of para-hydroxylation sites is 1. The van der Waals surface area contributed by atoms with Crippen molar-refractivity contribution in [2.45, 2.75) is 6.54 Å². The van der Waals surface area contributed by atoms with Gasteiger partial charge in [0.25, 0.3) is 0 Å². The zero-order chi connectivity index (χ0) is 23.9. The van der Waals surface area contributed by atoms with Gasteiger partial charge in [-0.05, 0) is 47.5 Å². The predicted molar refractivity (Wildman–Crippen MR) is 134 cm³/mol. The Kier molecular flexibility index (Phi) is 4.95. The van der Waals surface area contributed by atoms with E-state index in [0.29, 0.717) is 25.2 Å². The Hall–Kier alpha value is -4.66. The van der Waals surface area contributed by atoms with E-state index in [0.717, 1.165) is 49.6 Å². The summed E-state index contributed by atoms with van der Waals surface area (Å²) >= 11 is 0. The number of fused-ring (bicyclic) bond motifs is 3. The van der Waals surface area contributed by atoms with Crippen molar-refractivity contribution in [1.29, 1.82) is 0 Å². The van der Waals surface area contributed by atoms with Crippen molar-refractivity contribution >= 4 is 39.8 Å². The Morgan fingerprint density at radius 1 is 1.06 bits per heavy atom. The first kappa shape index (κ1) is 20.9. The number of benzene rings is 3. The molecule has 1 aliphatic heterocycles. The second-order valence-electron chi connectivity index (χ2n) is 8.44. The van der Waals surface area contributed by atoms with E-state index in [1.54, 1.807) is 6.33 Å². The fourth-order valence-electron chi connectivity index (χ4n) is 4.42. The fourth-order valence-corrected chi connectivity index (χ4v) is 4.42. The van der Waals surface area contributed by atoms with E-state index in [2.05, 4.69) is 30.9 Å². The summed E-state index contributed by atoms with van der Waals surface area (Å²) in [4.78, 5) is 31.0. The standard InChI is InChI=1S/C26H22N6O3/c1-31(26(33)34)25-29-21-8-6-17(13-22(21)30-25)16-7-9-23-18(12-16)14-32(10-11-35-23)24-19-4-2-3-5-20(19)27-15-28-24/h2-9,12-13,15H,10-11,14H2,1H3,(H,29,30)(H,33,34).